The molecule has 1 aliphatic carbocycles. The minimum Gasteiger partial charge on any atom is -0.461 e. The van der Waals surface area contributed by atoms with Crippen molar-refractivity contribution in [1.29, 1.82) is 0 Å². The van der Waals surface area contributed by atoms with Gasteiger partial charge in [-0.2, -0.15) is 0 Å². The molecule has 0 atom stereocenters. The second-order valence-electron chi connectivity index (χ2n) is 3.89. The Kier molecular flexibility index (Phi) is 3.56. The number of carbonyl (C=O) groups excluding carboxylic acids is 1. The first-order valence-corrected chi connectivity index (χ1v) is 6.39. The van der Waals surface area contributed by atoms with Crippen molar-refractivity contribution in [2.45, 2.75) is 39.3 Å². The van der Waals surface area contributed by atoms with Crippen molar-refractivity contribution in [2.75, 3.05) is 6.61 Å². The summed E-state index contributed by atoms with van der Waals surface area (Å²) >= 11 is 1.56. The summed E-state index contributed by atoms with van der Waals surface area (Å²) in [7, 11) is 0. The Morgan fingerprint density at radius 1 is 1.62 bits per heavy atom. The summed E-state index contributed by atoms with van der Waals surface area (Å²) < 4.78 is 4.94. The fraction of sp³-hybridized carbons (Fsp3) is 0.636. The Morgan fingerprint density at radius 2 is 2.38 bits per heavy atom. The fourth-order valence-electron chi connectivity index (χ4n) is 1.43. The summed E-state index contributed by atoms with van der Waals surface area (Å²) in [5.41, 5.74) is 0.472. The second-order valence-corrected chi connectivity index (χ2v) is 5.18. The monoisotopic (exact) mass is 240 g/mol. The van der Waals surface area contributed by atoms with Crippen LogP contribution in [0.3, 0.4) is 0 Å². The van der Waals surface area contributed by atoms with Crippen LogP contribution in [0.5, 0.6) is 0 Å². The standard InChI is InChI=1S/C11H16N2O2S/c1-3-15-11(14)10-7(2)16-9(13-10)6-12-8-4-5-8/h8,12H,3-6H2,1-2H3. The fourth-order valence-corrected chi connectivity index (χ4v) is 2.31. The third kappa shape index (κ3) is 2.80. The number of aromatic nitrogens is 1. The molecule has 0 aromatic carbocycles. The molecule has 1 fully saturated rings. The number of aryl methyl sites for hydroxylation is 1. The van der Waals surface area contributed by atoms with Gasteiger partial charge in [-0.15, -0.1) is 11.3 Å². The molecule has 0 radical (unpaired) electrons. The minimum atomic E-state index is -0.311. The number of rotatable bonds is 5. The average Bonchev–Trinajstić information content (AvgIpc) is 3.00. The zero-order valence-electron chi connectivity index (χ0n) is 9.58. The lowest BCUT2D eigenvalue weighted by Gasteiger charge is -1.98. The number of hydrogen-bond donors (Lipinski definition) is 1. The lowest BCUT2D eigenvalue weighted by atomic mass is 10.4. The van der Waals surface area contributed by atoms with E-state index >= 15 is 0 Å². The van der Waals surface area contributed by atoms with Gasteiger partial charge in [-0.05, 0) is 26.7 Å². The number of carbonyl (C=O) groups is 1. The molecule has 1 aromatic rings. The van der Waals surface area contributed by atoms with Crippen LogP contribution in [-0.2, 0) is 11.3 Å². The van der Waals surface area contributed by atoms with Gasteiger partial charge in [-0.1, -0.05) is 0 Å². The molecular formula is C11H16N2O2S. The summed E-state index contributed by atoms with van der Waals surface area (Å²) in [6, 6.07) is 0.662. The molecule has 1 aliphatic rings. The highest BCUT2D eigenvalue weighted by Crippen LogP contribution is 2.22. The summed E-state index contributed by atoms with van der Waals surface area (Å²) in [5, 5.41) is 4.35. The van der Waals surface area contributed by atoms with Gasteiger partial charge in [-0.3, -0.25) is 0 Å². The van der Waals surface area contributed by atoms with Gasteiger partial charge in [0.25, 0.3) is 0 Å². The van der Waals surface area contributed by atoms with E-state index in [0.717, 1.165) is 16.4 Å². The molecule has 2 rings (SSSR count). The lowest BCUT2D eigenvalue weighted by molar-refractivity contribution is 0.0519. The van der Waals surface area contributed by atoms with Gasteiger partial charge in [-0.25, -0.2) is 9.78 Å². The molecule has 88 valence electrons. The van der Waals surface area contributed by atoms with Gasteiger partial charge in [0.2, 0.25) is 0 Å². The first kappa shape index (κ1) is 11.5. The summed E-state index contributed by atoms with van der Waals surface area (Å²) in [4.78, 5) is 16.8. The van der Waals surface area contributed by atoms with Crippen molar-refractivity contribution in [3.05, 3.63) is 15.6 Å². The highest BCUT2D eigenvalue weighted by Gasteiger charge is 2.22. The summed E-state index contributed by atoms with van der Waals surface area (Å²) in [6.07, 6.45) is 2.52. The maximum Gasteiger partial charge on any atom is 0.358 e. The Hall–Kier alpha value is -0.940. The van der Waals surface area contributed by atoms with Crippen molar-refractivity contribution >= 4 is 17.3 Å². The molecule has 0 amide bonds. The molecule has 4 nitrogen and oxygen atoms in total. The third-order valence-electron chi connectivity index (χ3n) is 2.43. The molecule has 0 saturated heterocycles. The van der Waals surface area contributed by atoms with Crippen LogP contribution in [0.1, 0.15) is 40.1 Å². The van der Waals surface area contributed by atoms with Crippen molar-refractivity contribution < 1.29 is 9.53 Å². The Labute approximate surface area is 99.0 Å². The Morgan fingerprint density at radius 3 is 3.00 bits per heavy atom. The molecule has 0 spiro atoms. The van der Waals surface area contributed by atoms with E-state index in [1.54, 1.807) is 18.3 Å². The van der Waals surface area contributed by atoms with E-state index in [0.29, 0.717) is 18.3 Å². The van der Waals surface area contributed by atoms with E-state index in [4.69, 9.17) is 4.74 Å². The highest BCUT2D eigenvalue weighted by atomic mass is 32.1. The number of thiazole rings is 1. The largest absolute Gasteiger partial charge is 0.461 e. The van der Waals surface area contributed by atoms with E-state index in [1.807, 2.05) is 6.92 Å². The van der Waals surface area contributed by atoms with Crippen LogP contribution in [0, 0.1) is 6.92 Å². The quantitative estimate of drug-likeness (QED) is 0.798. The Balaban J connectivity index is 1.98. The number of esters is 1. The predicted octanol–water partition coefficient (Wildman–Crippen LogP) is 1.88. The summed E-state index contributed by atoms with van der Waals surface area (Å²) in [6.45, 7) is 4.86. The molecule has 1 heterocycles. The molecule has 5 heteroatoms. The second kappa shape index (κ2) is 4.93. The molecular weight excluding hydrogens is 224 g/mol. The minimum absolute atomic E-state index is 0.311. The highest BCUT2D eigenvalue weighted by molar-refractivity contribution is 7.11. The number of nitrogens with one attached hydrogen (secondary N) is 1. The van der Waals surface area contributed by atoms with Crippen LogP contribution in [0.25, 0.3) is 0 Å². The van der Waals surface area contributed by atoms with E-state index in [-0.39, 0.29) is 5.97 Å². The molecule has 1 saturated carbocycles. The zero-order valence-corrected chi connectivity index (χ0v) is 10.4. The van der Waals surface area contributed by atoms with E-state index in [2.05, 4.69) is 10.3 Å². The molecule has 0 unspecified atom stereocenters. The van der Waals surface area contributed by atoms with Gasteiger partial charge in [0.05, 0.1) is 6.61 Å². The van der Waals surface area contributed by atoms with Crippen LogP contribution in [0.2, 0.25) is 0 Å². The number of nitrogens with zero attached hydrogens (tertiary/aromatic N) is 1. The first-order chi connectivity index (χ1) is 7.70. The molecule has 0 bridgehead atoms. The van der Waals surface area contributed by atoms with E-state index in [1.165, 1.54) is 12.8 Å². The van der Waals surface area contributed by atoms with E-state index < -0.39 is 0 Å². The normalized spacial score (nSPS) is 15.1. The van der Waals surface area contributed by atoms with E-state index in [9.17, 15) is 4.79 Å². The molecule has 0 aliphatic heterocycles. The van der Waals surface area contributed by atoms with Crippen LogP contribution >= 0.6 is 11.3 Å². The third-order valence-corrected chi connectivity index (χ3v) is 3.40. The topological polar surface area (TPSA) is 51.2 Å². The number of hydrogen-bond acceptors (Lipinski definition) is 5. The molecule has 1 aromatic heterocycles. The van der Waals surface area contributed by atoms with Crippen molar-refractivity contribution in [2.24, 2.45) is 0 Å². The van der Waals surface area contributed by atoms with Crippen molar-refractivity contribution in [3.63, 3.8) is 0 Å². The maximum atomic E-state index is 11.5. The van der Waals surface area contributed by atoms with Crippen molar-refractivity contribution in [1.82, 2.24) is 10.3 Å². The van der Waals surface area contributed by atoms with Gasteiger partial charge in [0.15, 0.2) is 5.69 Å². The average molecular weight is 240 g/mol. The summed E-state index contributed by atoms with van der Waals surface area (Å²) in [5.74, 6) is -0.311. The van der Waals surface area contributed by atoms with Gasteiger partial charge in [0, 0.05) is 17.5 Å². The molecule has 1 N–H and O–H groups in total. The smallest absolute Gasteiger partial charge is 0.358 e. The number of ether oxygens (including phenoxy) is 1. The molecule has 16 heavy (non-hydrogen) atoms. The SMILES string of the molecule is CCOC(=O)c1nc(CNC2CC2)sc1C. The van der Waals surface area contributed by atoms with Crippen LogP contribution in [0.4, 0.5) is 0 Å². The Bertz CT molecular complexity index is 385. The van der Waals surface area contributed by atoms with Crippen molar-refractivity contribution in [3.8, 4) is 0 Å². The van der Waals surface area contributed by atoms with Gasteiger partial charge >= 0.3 is 5.97 Å². The van der Waals surface area contributed by atoms with Crippen LogP contribution < -0.4 is 5.32 Å². The predicted molar refractivity (Wildman–Crippen MR) is 62.7 cm³/mol. The first-order valence-electron chi connectivity index (χ1n) is 5.57. The lowest BCUT2D eigenvalue weighted by Crippen LogP contribution is -2.15. The maximum absolute atomic E-state index is 11.5. The van der Waals surface area contributed by atoms with Gasteiger partial charge in [0.1, 0.15) is 5.01 Å². The van der Waals surface area contributed by atoms with Crippen LogP contribution in [0.15, 0.2) is 0 Å². The zero-order chi connectivity index (χ0) is 11.5. The van der Waals surface area contributed by atoms with Crippen LogP contribution in [-0.4, -0.2) is 23.6 Å². The van der Waals surface area contributed by atoms with Gasteiger partial charge < -0.3 is 10.1 Å².